The van der Waals surface area contributed by atoms with E-state index >= 15 is 0 Å². The molecule has 2 rings (SSSR count). The van der Waals surface area contributed by atoms with Crippen molar-refractivity contribution in [2.45, 2.75) is 12.6 Å². The lowest BCUT2D eigenvalue weighted by molar-refractivity contribution is 0.0879. The van der Waals surface area contributed by atoms with Gasteiger partial charge in [-0.05, 0) is 29.8 Å². The van der Waals surface area contributed by atoms with Crippen molar-refractivity contribution in [2.24, 2.45) is 0 Å². The van der Waals surface area contributed by atoms with Crippen molar-refractivity contribution in [1.82, 2.24) is 5.32 Å². The summed E-state index contributed by atoms with van der Waals surface area (Å²) in [5.41, 5.74) is -0.110. The van der Waals surface area contributed by atoms with Crippen LogP contribution < -0.4 is 5.32 Å². The number of halogens is 3. The second-order valence-corrected chi connectivity index (χ2v) is 4.71. The Hall–Kier alpha value is -2.32. The lowest BCUT2D eigenvalue weighted by atomic mass is 10.1. The number of carbonyl (C=O) groups excluding carboxylic acids is 1. The maximum Gasteiger partial charge on any atom is 0.287 e. The molecule has 1 atom stereocenters. The highest BCUT2D eigenvalue weighted by Gasteiger charge is 2.21. The van der Waals surface area contributed by atoms with Crippen LogP contribution in [0.5, 0.6) is 0 Å². The Morgan fingerprint density at radius 1 is 1.30 bits per heavy atom. The van der Waals surface area contributed by atoms with Crippen LogP contribution >= 0.6 is 0 Å². The van der Waals surface area contributed by atoms with Gasteiger partial charge in [0, 0.05) is 7.11 Å². The molecule has 1 aromatic carbocycles. The summed E-state index contributed by atoms with van der Waals surface area (Å²) < 4.78 is 49.5. The van der Waals surface area contributed by atoms with Gasteiger partial charge in [0.05, 0.1) is 12.6 Å². The quantitative estimate of drug-likeness (QED) is 0.798. The molecule has 1 heterocycles. The summed E-state index contributed by atoms with van der Waals surface area (Å²) >= 11 is 0. The summed E-state index contributed by atoms with van der Waals surface area (Å²) in [5, 5.41) is 11.7. The van der Waals surface area contributed by atoms with E-state index < -0.39 is 36.0 Å². The Morgan fingerprint density at radius 3 is 2.52 bits per heavy atom. The number of aliphatic hydroxyl groups is 1. The Balaban J connectivity index is 2.16. The summed E-state index contributed by atoms with van der Waals surface area (Å²) in [6.07, 6.45) is 0. The highest BCUT2D eigenvalue weighted by molar-refractivity contribution is 5.91. The van der Waals surface area contributed by atoms with Crippen LogP contribution in [0.1, 0.15) is 27.9 Å². The molecule has 1 aromatic heterocycles. The average Bonchev–Trinajstić information content (AvgIpc) is 2.98. The molecule has 124 valence electrons. The van der Waals surface area contributed by atoms with Crippen molar-refractivity contribution < 1.29 is 32.2 Å². The smallest absolute Gasteiger partial charge is 0.287 e. The normalized spacial score (nSPS) is 12.2. The van der Waals surface area contributed by atoms with E-state index in [-0.39, 0.29) is 17.9 Å². The van der Waals surface area contributed by atoms with Gasteiger partial charge in [0.1, 0.15) is 12.4 Å². The summed E-state index contributed by atoms with van der Waals surface area (Å²) in [5.74, 6) is -4.78. The first-order valence-corrected chi connectivity index (χ1v) is 6.60. The van der Waals surface area contributed by atoms with Crippen LogP contribution in [0.3, 0.4) is 0 Å². The third-order valence-electron chi connectivity index (χ3n) is 3.07. The van der Waals surface area contributed by atoms with E-state index in [1.165, 1.54) is 19.2 Å². The molecule has 0 aliphatic carbocycles. The second kappa shape index (κ2) is 7.30. The van der Waals surface area contributed by atoms with Gasteiger partial charge in [0.15, 0.2) is 23.2 Å². The SMILES string of the molecule is COCc1ccc(C(=O)NC(CO)c2cc(F)c(F)c(F)c2)o1. The van der Waals surface area contributed by atoms with Gasteiger partial charge in [0.25, 0.3) is 5.91 Å². The second-order valence-electron chi connectivity index (χ2n) is 4.71. The van der Waals surface area contributed by atoms with Gasteiger partial charge in [-0.2, -0.15) is 0 Å². The highest BCUT2D eigenvalue weighted by atomic mass is 19.2. The number of rotatable bonds is 6. The molecular weight excluding hydrogens is 315 g/mol. The number of nitrogens with one attached hydrogen (secondary N) is 1. The number of benzene rings is 1. The predicted molar refractivity (Wildman–Crippen MR) is 73.0 cm³/mol. The minimum absolute atomic E-state index is 0.0569. The van der Waals surface area contributed by atoms with Crippen LogP contribution in [0.25, 0.3) is 0 Å². The van der Waals surface area contributed by atoms with E-state index in [4.69, 9.17) is 9.15 Å². The number of hydrogen-bond acceptors (Lipinski definition) is 4. The molecule has 0 aliphatic rings. The molecule has 0 saturated carbocycles. The van der Waals surface area contributed by atoms with Crippen molar-refractivity contribution in [3.8, 4) is 0 Å². The molecule has 2 aromatic rings. The van der Waals surface area contributed by atoms with E-state index in [2.05, 4.69) is 5.32 Å². The zero-order chi connectivity index (χ0) is 17.0. The lowest BCUT2D eigenvalue weighted by Gasteiger charge is -2.16. The fourth-order valence-electron chi connectivity index (χ4n) is 1.96. The largest absolute Gasteiger partial charge is 0.453 e. The minimum Gasteiger partial charge on any atom is -0.453 e. The summed E-state index contributed by atoms with van der Waals surface area (Å²) in [4.78, 5) is 12.0. The van der Waals surface area contributed by atoms with Crippen molar-refractivity contribution in [2.75, 3.05) is 13.7 Å². The lowest BCUT2D eigenvalue weighted by Crippen LogP contribution is -2.30. The van der Waals surface area contributed by atoms with Crippen molar-refractivity contribution in [1.29, 1.82) is 0 Å². The molecule has 5 nitrogen and oxygen atoms in total. The summed E-state index contributed by atoms with van der Waals surface area (Å²) in [6, 6.07) is 3.21. The Kier molecular flexibility index (Phi) is 5.41. The highest BCUT2D eigenvalue weighted by Crippen LogP contribution is 2.20. The van der Waals surface area contributed by atoms with E-state index in [0.29, 0.717) is 17.9 Å². The minimum atomic E-state index is -1.62. The molecule has 0 aliphatic heterocycles. The van der Waals surface area contributed by atoms with Crippen LogP contribution in [-0.2, 0) is 11.3 Å². The Bertz CT molecular complexity index is 679. The number of ether oxygens (including phenoxy) is 1. The van der Waals surface area contributed by atoms with Crippen LogP contribution in [0, 0.1) is 17.5 Å². The third-order valence-corrected chi connectivity index (χ3v) is 3.07. The predicted octanol–water partition coefficient (Wildman–Crippen LogP) is 2.31. The molecule has 1 unspecified atom stereocenters. The number of carbonyl (C=O) groups is 1. The molecule has 0 spiro atoms. The Labute approximate surface area is 129 Å². The first-order chi connectivity index (χ1) is 11.0. The topological polar surface area (TPSA) is 71.7 Å². The monoisotopic (exact) mass is 329 g/mol. The standard InChI is InChI=1S/C15H14F3NO4/c1-22-7-9-2-3-13(23-9)15(21)19-12(6-20)8-4-10(16)14(18)11(17)5-8/h2-5,12,20H,6-7H2,1H3,(H,19,21). The number of hydrogen-bond donors (Lipinski definition) is 2. The van der Waals surface area contributed by atoms with Gasteiger partial charge in [-0.1, -0.05) is 0 Å². The van der Waals surface area contributed by atoms with E-state index in [0.717, 1.165) is 0 Å². The van der Waals surface area contributed by atoms with Crippen molar-refractivity contribution in [3.05, 3.63) is 58.8 Å². The van der Waals surface area contributed by atoms with Crippen LogP contribution in [0.15, 0.2) is 28.7 Å². The van der Waals surface area contributed by atoms with E-state index in [1.54, 1.807) is 0 Å². The molecular formula is C15H14F3NO4. The van der Waals surface area contributed by atoms with Gasteiger partial charge in [0.2, 0.25) is 0 Å². The van der Waals surface area contributed by atoms with Gasteiger partial charge in [-0.15, -0.1) is 0 Å². The Morgan fingerprint density at radius 2 is 1.96 bits per heavy atom. The molecule has 0 saturated heterocycles. The number of furan rings is 1. The zero-order valence-electron chi connectivity index (χ0n) is 12.1. The fourth-order valence-corrected chi connectivity index (χ4v) is 1.96. The first kappa shape index (κ1) is 17.0. The van der Waals surface area contributed by atoms with E-state index in [9.17, 15) is 23.1 Å². The van der Waals surface area contributed by atoms with Gasteiger partial charge in [-0.3, -0.25) is 4.79 Å². The maximum absolute atomic E-state index is 13.2. The molecule has 0 fully saturated rings. The fraction of sp³-hybridized carbons (Fsp3) is 0.267. The summed E-state index contributed by atoms with van der Waals surface area (Å²) in [6.45, 7) is -0.465. The van der Waals surface area contributed by atoms with Gasteiger partial charge in [-0.25, -0.2) is 13.2 Å². The molecule has 23 heavy (non-hydrogen) atoms. The zero-order valence-corrected chi connectivity index (χ0v) is 12.1. The molecule has 0 radical (unpaired) electrons. The molecule has 8 heteroatoms. The van der Waals surface area contributed by atoms with Crippen LogP contribution in [0.2, 0.25) is 0 Å². The summed E-state index contributed by atoms with van der Waals surface area (Å²) in [7, 11) is 1.46. The molecule has 2 N–H and O–H groups in total. The maximum atomic E-state index is 13.2. The van der Waals surface area contributed by atoms with Gasteiger partial charge >= 0.3 is 0 Å². The van der Waals surface area contributed by atoms with Crippen molar-refractivity contribution >= 4 is 5.91 Å². The van der Waals surface area contributed by atoms with E-state index in [1.807, 2.05) is 0 Å². The molecule has 1 amide bonds. The number of amides is 1. The third kappa shape index (κ3) is 3.91. The number of methoxy groups -OCH3 is 1. The molecule has 0 bridgehead atoms. The average molecular weight is 329 g/mol. The van der Waals surface area contributed by atoms with Crippen molar-refractivity contribution in [3.63, 3.8) is 0 Å². The van der Waals surface area contributed by atoms with Crippen LogP contribution in [-0.4, -0.2) is 24.7 Å². The number of aliphatic hydroxyl groups excluding tert-OH is 1. The van der Waals surface area contributed by atoms with Gasteiger partial charge < -0.3 is 19.6 Å². The van der Waals surface area contributed by atoms with Crippen LogP contribution in [0.4, 0.5) is 13.2 Å². The first-order valence-electron chi connectivity index (χ1n) is 6.60.